The maximum Gasteiger partial charge on any atom is 0.336 e. The summed E-state index contributed by atoms with van der Waals surface area (Å²) >= 11 is 0. The molecule has 4 aromatic rings. The highest BCUT2D eigenvalue weighted by Gasteiger charge is 2.40. The van der Waals surface area contributed by atoms with Gasteiger partial charge in [0.2, 0.25) is 0 Å². The van der Waals surface area contributed by atoms with E-state index in [1.165, 1.54) is 12.1 Å². The Hall–Kier alpha value is -4.04. The van der Waals surface area contributed by atoms with Crippen molar-refractivity contribution in [3.8, 4) is 22.3 Å². The average molecular weight is 473 g/mol. The van der Waals surface area contributed by atoms with Gasteiger partial charge in [0.25, 0.3) is 0 Å². The van der Waals surface area contributed by atoms with Gasteiger partial charge in [0.15, 0.2) is 5.82 Å². The molecular weight excluding hydrogens is 447 g/mol. The minimum atomic E-state index is -1.05. The maximum absolute atomic E-state index is 13.4. The lowest BCUT2D eigenvalue weighted by Gasteiger charge is -2.35. The largest absolute Gasteiger partial charge is 0.478 e. The van der Waals surface area contributed by atoms with E-state index in [1.54, 1.807) is 24.3 Å². The van der Waals surface area contributed by atoms with Crippen molar-refractivity contribution in [2.75, 3.05) is 18.9 Å². The summed E-state index contributed by atoms with van der Waals surface area (Å²) in [6, 6.07) is 16.9. The van der Waals surface area contributed by atoms with Gasteiger partial charge in [-0.2, -0.15) is 5.10 Å². The highest BCUT2D eigenvalue weighted by atomic mass is 19.1. The van der Waals surface area contributed by atoms with Crippen LogP contribution in [0.15, 0.2) is 60.7 Å². The molecule has 0 saturated carbocycles. The van der Waals surface area contributed by atoms with Crippen LogP contribution >= 0.6 is 0 Å². The Morgan fingerprint density at radius 3 is 2.40 bits per heavy atom. The van der Waals surface area contributed by atoms with Gasteiger partial charge in [-0.3, -0.25) is 5.10 Å². The first kappa shape index (κ1) is 22.7. The van der Waals surface area contributed by atoms with Crippen molar-refractivity contribution in [2.24, 2.45) is 0 Å². The van der Waals surface area contributed by atoms with Crippen molar-refractivity contribution in [3.05, 3.63) is 89.3 Å². The van der Waals surface area contributed by atoms with Gasteiger partial charge in [-0.25, -0.2) is 14.2 Å². The molecule has 0 bridgehead atoms. The van der Waals surface area contributed by atoms with Crippen LogP contribution in [0, 0.1) is 12.7 Å². The summed E-state index contributed by atoms with van der Waals surface area (Å²) in [5.74, 6) is 0.00649. The van der Waals surface area contributed by atoms with Crippen LogP contribution in [0.4, 0.5) is 10.1 Å². The first-order valence-corrected chi connectivity index (χ1v) is 11.4. The van der Waals surface area contributed by atoms with Crippen LogP contribution in [0.25, 0.3) is 22.3 Å². The summed E-state index contributed by atoms with van der Waals surface area (Å²) < 4.78 is 19.1. The lowest BCUT2D eigenvalue weighted by Crippen LogP contribution is -2.36. The summed E-state index contributed by atoms with van der Waals surface area (Å²) in [4.78, 5) is 16.8. The summed E-state index contributed by atoms with van der Waals surface area (Å²) in [5, 5.41) is 17.4. The predicted octanol–water partition coefficient (Wildman–Crippen LogP) is 4.96. The normalized spacial score (nSPS) is 15.1. The molecule has 5 rings (SSSR count). The van der Waals surface area contributed by atoms with Crippen LogP contribution < -0.4 is 5.73 Å². The Labute approximate surface area is 201 Å². The highest BCUT2D eigenvalue weighted by Crippen LogP contribution is 2.42. The number of aromatic nitrogens is 3. The number of rotatable bonds is 5. The maximum atomic E-state index is 13.4. The van der Waals surface area contributed by atoms with Gasteiger partial charge in [-0.1, -0.05) is 24.3 Å². The molecule has 7 nitrogen and oxygen atoms in total. The molecule has 8 heteroatoms. The number of carboxylic acid groups (broad SMARTS) is 1. The highest BCUT2D eigenvalue weighted by molar-refractivity contribution is 5.99. The van der Waals surface area contributed by atoms with Crippen LogP contribution in [-0.4, -0.2) is 39.5 Å². The average Bonchev–Trinajstić information content (AvgIpc) is 3.32. The summed E-state index contributed by atoms with van der Waals surface area (Å²) in [7, 11) is 0. The zero-order chi connectivity index (χ0) is 24.6. The Morgan fingerprint density at radius 1 is 1.03 bits per heavy atom. The molecule has 1 saturated heterocycles. The topological polar surface area (TPSA) is 114 Å². The summed E-state index contributed by atoms with van der Waals surface area (Å²) in [6.07, 6.45) is 1.34. The molecule has 35 heavy (non-hydrogen) atoms. The monoisotopic (exact) mass is 472 g/mol. The zero-order valence-corrected chi connectivity index (χ0v) is 19.2. The molecule has 1 aliphatic rings. The van der Waals surface area contributed by atoms with Crippen molar-refractivity contribution in [1.82, 2.24) is 15.2 Å². The Kier molecular flexibility index (Phi) is 5.82. The number of anilines is 1. The first-order valence-electron chi connectivity index (χ1n) is 11.4. The van der Waals surface area contributed by atoms with Crippen molar-refractivity contribution in [2.45, 2.75) is 25.2 Å². The predicted molar refractivity (Wildman–Crippen MR) is 131 cm³/mol. The summed E-state index contributed by atoms with van der Waals surface area (Å²) in [5.41, 5.74) is 10.1. The number of halogens is 1. The van der Waals surface area contributed by atoms with Crippen LogP contribution in [0.5, 0.6) is 0 Å². The Morgan fingerprint density at radius 2 is 1.74 bits per heavy atom. The molecule has 0 spiro atoms. The molecule has 0 radical (unpaired) electrons. The molecular formula is C27H25FN4O3. The fourth-order valence-electron chi connectivity index (χ4n) is 4.78. The second kappa shape index (κ2) is 8.96. The SMILES string of the molecule is Cc1nc(C2(c3ccc(C(=O)O)c(-c4cc(-c5ccc(F)cc5)ccc4N)c3)CCOCC2)n[nH]1. The van der Waals surface area contributed by atoms with Gasteiger partial charge in [0.1, 0.15) is 11.6 Å². The number of nitrogens with zero attached hydrogens (tertiary/aromatic N) is 2. The molecule has 1 aromatic heterocycles. The Bertz CT molecular complexity index is 1390. The molecule has 2 heterocycles. The van der Waals surface area contributed by atoms with Gasteiger partial charge < -0.3 is 15.6 Å². The fraction of sp³-hybridized carbons (Fsp3) is 0.222. The van der Waals surface area contributed by atoms with E-state index >= 15 is 0 Å². The zero-order valence-electron chi connectivity index (χ0n) is 19.2. The molecule has 0 unspecified atom stereocenters. The number of aromatic amines is 1. The smallest absolute Gasteiger partial charge is 0.336 e. The van der Waals surface area contributed by atoms with Crippen LogP contribution in [-0.2, 0) is 10.2 Å². The van der Waals surface area contributed by atoms with E-state index in [4.69, 9.17) is 10.5 Å². The van der Waals surface area contributed by atoms with Crippen molar-refractivity contribution in [3.63, 3.8) is 0 Å². The third-order valence-electron chi connectivity index (χ3n) is 6.70. The fourth-order valence-corrected chi connectivity index (χ4v) is 4.78. The van der Waals surface area contributed by atoms with E-state index < -0.39 is 11.4 Å². The van der Waals surface area contributed by atoms with Gasteiger partial charge in [0.05, 0.1) is 11.0 Å². The minimum Gasteiger partial charge on any atom is -0.478 e. The molecule has 3 aromatic carbocycles. The lowest BCUT2D eigenvalue weighted by molar-refractivity contribution is 0.0604. The summed E-state index contributed by atoms with van der Waals surface area (Å²) in [6.45, 7) is 2.95. The van der Waals surface area contributed by atoms with Crippen molar-refractivity contribution in [1.29, 1.82) is 0 Å². The third kappa shape index (κ3) is 4.17. The molecule has 1 fully saturated rings. The quantitative estimate of drug-likeness (QED) is 0.354. The van der Waals surface area contributed by atoms with E-state index in [0.29, 0.717) is 54.5 Å². The number of carboxylic acids is 1. The third-order valence-corrected chi connectivity index (χ3v) is 6.70. The number of hydrogen-bond acceptors (Lipinski definition) is 5. The molecule has 0 atom stereocenters. The number of aromatic carboxylic acids is 1. The molecule has 1 aliphatic heterocycles. The number of H-pyrrole nitrogens is 1. The van der Waals surface area contributed by atoms with Crippen LogP contribution in [0.3, 0.4) is 0 Å². The van der Waals surface area contributed by atoms with E-state index in [2.05, 4.69) is 15.2 Å². The molecule has 0 aliphatic carbocycles. The van der Waals surface area contributed by atoms with E-state index in [1.807, 2.05) is 31.2 Å². The minimum absolute atomic E-state index is 0.144. The Balaban J connectivity index is 1.69. The van der Waals surface area contributed by atoms with Crippen molar-refractivity contribution >= 4 is 11.7 Å². The number of nitrogens with one attached hydrogen (secondary N) is 1. The number of benzene rings is 3. The number of hydrogen-bond donors (Lipinski definition) is 3. The second-order valence-corrected chi connectivity index (χ2v) is 8.81. The van der Waals surface area contributed by atoms with Gasteiger partial charge in [-0.05, 0) is 78.4 Å². The number of carbonyl (C=O) groups is 1. The second-order valence-electron chi connectivity index (χ2n) is 8.81. The van der Waals surface area contributed by atoms with E-state index in [0.717, 1.165) is 16.7 Å². The lowest BCUT2D eigenvalue weighted by atomic mass is 9.72. The van der Waals surface area contributed by atoms with Crippen LogP contribution in [0.1, 0.15) is 40.4 Å². The number of nitrogens with two attached hydrogens (primary N) is 1. The molecule has 4 N–H and O–H groups in total. The molecule has 178 valence electrons. The number of aryl methyl sites for hydroxylation is 1. The standard InChI is InChI=1S/C27H25FN4O3/c1-16-30-26(32-31-16)27(10-12-35-13-11-27)19-5-8-21(25(33)34)22(15-19)23-14-18(4-9-24(23)29)17-2-6-20(28)7-3-17/h2-9,14-15H,10-13,29H2,1H3,(H,33,34)(H,30,31,32). The van der Waals surface area contributed by atoms with Gasteiger partial charge in [0, 0.05) is 24.5 Å². The molecule has 0 amide bonds. The van der Waals surface area contributed by atoms with Crippen LogP contribution in [0.2, 0.25) is 0 Å². The van der Waals surface area contributed by atoms with Crippen molar-refractivity contribution < 1.29 is 19.0 Å². The van der Waals surface area contributed by atoms with Gasteiger partial charge >= 0.3 is 5.97 Å². The first-order chi connectivity index (χ1) is 16.9. The number of nitrogen functional groups attached to an aromatic ring is 1. The number of ether oxygens (including phenoxy) is 1. The van der Waals surface area contributed by atoms with E-state index in [9.17, 15) is 14.3 Å². The van der Waals surface area contributed by atoms with E-state index in [-0.39, 0.29) is 11.4 Å². The van der Waals surface area contributed by atoms with Gasteiger partial charge in [-0.15, -0.1) is 0 Å².